The lowest BCUT2D eigenvalue weighted by molar-refractivity contribution is -0.154. The molecule has 5 nitrogen and oxygen atoms in total. The normalized spacial score (nSPS) is 23.8. The summed E-state index contributed by atoms with van der Waals surface area (Å²) in [4.78, 5) is 23.8. The highest BCUT2D eigenvalue weighted by Gasteiger charge is 2.45. The number of nitrogens with zero attached hydrogens (tertiary/aromatic N) is 1. The molecule has 0 aromatic heterocycles. The second-order valence-corrected chi connectivity index (χ2v) is 5.91. The van der Waals surface area contributed by atoms with Gasteiger partial charge in [0.25, 0.3) is 0 Å². The summed E-state index contributed by atoms with van der Waals surface area (Å²) >= 11 is 0. The number of carboxylic acid groups (broad SMARTS) is 1. The van der Waals surface area contributed by atoms with Crippen LogP contribution in [-0.4, -0.2) is 46.9 Å². The topological polar surface area (TPSA) is 66.8 Å². The Hall–Kier alpha value is -1.47. The summed E-state index contributed by atoms with van der Waals surface area (Å²) in [5.74, 6) is -3.69. The molecule has 2 unspecified atom stereocenters. The molecule has 8 heteroatoms. The van der Waals surface area contributed by atoms with Gasteiger partial charge in [-0.2, -0.15) is 13.2 Å². The van der Waals surface area contributed by atoms with Crippen LogP contribution in [0.3, 0.4) is 0 Å². The number of carboxylic acids is 1. The Morgan fingerprint density at radius 1 is 1.25 bits per heavy atom. The molecule has 1 amide bonds. The van der Waals surface area contributed by atoms with Gasteiger partial charge in [-0.3, -0.25) is 4.79 Å². The monoisotopic (exact) mass is 297 g/mol. The van der Waals surface area contributed by atoms with Crippen molar-refractivity contribution in [1.29, 1.82) is 0 Å². The molecule has 1 rings (SSSR count). The second-order valence-electron chi connectivity index (χ2n) is 5.91. The van der Waals surface area contributed by atoms with E-state index in [9.17, 15) is 22.8 Å². The number of amides is 1. The third-order valence-electron chi connectivity index (χ3n) is 2.90. The van der Waals surface area contributed by atoms with Crippen LogP contribution in [0.1, 0.15) is 27.2 Å². The zero-order valence-corrected chi connectivity index (χ0v) is 11.5. The van der Waals surface area contributed by atoms with Crippen molar-refractivity contribution < 1.29 is 32.6 Å². The Morgan fingerprint density at radius 3 is 2.20 bits per heavy atom. The molecular formula is C12H18F3NO4. The fourth-order valence-electron chi connectivity index (χ4n) is 2.13. The maximum absolute atomic E-state index is 12.4. The van der Waals surface area contributed by atoms with Crippen LogP contribution >= 0.6 is 0 Å². The van der Waals surface area contributed by atoms with Crippen molar-refractivity contribution in [2.45, 2.75) is 39.0 Å². The first-order valence-electron chi connectivity index (χ1n) is 6.16. The van der Waals surface area contributed by atoms with Crippen LogP contribution in [-0.2, 0) is 9.53 Å². The van der Waals surface area contributed by atoms with Crippen molar-refractivity contribution in [3.63, 3.8) is 0 Å². The van der Waals surface area contributed by atoms with Gasteiger partial charge in [-0.25, -0.2) is 4.79 Å². The Bertz CT molecular complexity index is 389. The molecule has 0 aliphatic carbocycles. The van der Waals surface area contributed by atoms with Crippen LogP contribution in [0.15, 0.2) is 0 Å². The highest BCUT2D eigenvalue weighted by molar-refractivity contribution is 5.74. The average molecular weight is 297 g/mol. The number of rotatable bonds is 2. The molecule has 116 valence electrons. The minimum Gasteiger partial charge on any atom is -0.481 e. The molecule has 1 heterocycles. The Kier molecular flexibility index (Phi) is 4.55. The molecule has 1 aliphatic heterocycles. The molecule has 0 bridgehead atoms. The third-order valence-corrected chi connectivity index (χ3v) is 2.90. The smallest absolute Gasteiger partial charge is 0.410 e. The number of hydrogen-bond donors (Lipinski definition) is 1. The van der Waals surface area contributed by atoms with Crippen molar-refractivity contribution in [2.75, 3.05) is 13.1 Å². The van der Waals surface area contributed by atoms with Gasteiger partial charge in [0.2, 0.25) is 0 Å². The predicted octanol–water partition coefficient (Wildman–Crippen LogP) is 2.51. The number of hydrogen-bond acceptors (Lipinski definition) is 3. The summed E-state index contributed by atoms with van der Waals surface area (Å²) in [5, 5.41) is 8.97. The quantitative estimate of drug-likeness (QED) is 0.850. The molecular weight excluding hydrogens is 279 g/mol. The summed E-state index contributed by atoms with van der Waals surface area (Å²) in [6.07, 6.45) is -6.46. The maximum atomic E-state index is 12.4. The summed E-state index contributed by atoms with van der Waals surface area (Å²) in [7, 11) is 0. The minimum atomic E-state index is -4.46. The molecule has 0 saturated carbocycles. The number of carbonyl (C=O) groups is 2. The molecule has 1 aliphatic rings. The van der Waals surface area contributed by atoms with E-state index in [2.05, 4.69) is 0 Å². The molecule has 1 fully saturated rings. The number of ether oxygens (including phenoxy) is 1. The number of likely N-dealkylation sites (tertiary alicyclic amines) is 1. The van der Waals surface area contributed by atoms with Gasteiger partial charge in [0, 0.05) is 25.4 Å². The largest absolute Gasteiger partial charge is 0.481 e. The van der Waals surface area contributed by atoms with Gasteiger partial charge < -0.3 is 14.7 Å². The van der Waals surface area contributed by atoms with E-state index < -0.39 is 42.1 Å². The highest BCUT2D eigenvalue weighted by atomic mass is 19.4. The summed E-state index contributed by atoms with van der Waals surface area (Å²) < 4.78 is 42.3. The van der Waals surface area contributed by atoms with Crippen molar-refractivity contribution >= 4 is 12.1 Å². The minimum absolute atomic E-state index is 0.259. The second kappa shape index (κ2) is 5.49. The lowest BCUT2D eigenvalue weighted by Gasteiger charge is -2.24. The fraction of sp³-hybridized carbons (Fsp3) is 0.833. The first-order chi connectivity index (χ1) is 8.89. The van der Waals surface area contributed by atoms with Gasteiger partial charge in [0.1, 0.15) is 5.60 Å². The molecule has 20 heavy (non-hydrogen) atoms. The highest BCUT2D eigenvalue weighted by Crippen LogP contribution is 2.34. The van der Waals surface area contributed by atoms with E-state index in [0.29, 0.717) is 0 Å². The van der Waals surface area contributed by atoms with E-state index >= 15 is 0 Å². The van der Waals surface area contributed by atoms with Crippen LogP contribution in [0.4, 0.5) is 18.0 Å². The van der Waals surface area contributed by atoms with E-state index in [1.54, 1.807) is 20.8 Å². The number of halogens is 3. The number of alkyl halides is 3. The Balaban J connectivity index is 2.75. The fourth-order valence-corrected chi connectivity index (χ4v) is 2.13. The van der Waals surface area contributed by atoms with Crippen molar-refractivity contribution in [1.82, 2.24) is 4.90 Å². The van der Waals surface area contributed by atoms with Crippen molar-refractivity contribution in [2.24, 2.45) is 11.8 Å². The lowest BCUT2D eigenvalue weighted by atomic mass is 9.93. The SMILES string of the molecule is CC(C)(C)OC(=O)N1CC(CC(F)(F)F)C(C(=O)O)C1. The van der Waals surface area contributed by atoms with Gasteiger partial charge in [-0.15, -0.1) is 0 Å². The summed E-state index contributed by atoms with van der Waals surface area (Å²) in [6.45, 7) is 4.37. The third kappa shape index (κ3) is 4.90. The molecule has 0 spiro atoms. The van der Waals surface area contributed by atoms with Crippen LogP contribution in [0.5, 0.6) is 0 Å². The Morgan fingerprint density at radius 2 is 1.80 bits per heavy atom. The average Bonchev–Trinajstić information content (AvgIpc) is 2.56. The molecule has 1 saturated heterocycles. The van der Waals surface area contributed by atoms with Gasteiger partial charge in [-0.05, 0) is 20.8 Å². The maximum Gasteiger partial charge on any atom is 0.410 e. The summed E-state index contributed by atoms with van der Waals surface area (Å²) in [6, 6.07) is 0. The van der Waals surface area contributed by atoms with E-state index in [0.717, 1.165) is 4.90 Å². The van der Waals surface area contributed by atoms with Crippen LogP contribution in [0.2, 0.25) is 0 Å². The van der Waals surface area contributed by atoms with Crippen LogP contribution < -0.4 is 0 Å². The van der Waals surface area contributed by atoms with Gasteiger partial charge in [0.05, 0.1) is 5.92 Å². The molecule has 0 aromatic rings. The van der Waals surface area contributed by atoms with Gasteiger partial charge >= 0.3 is 18.2 Å². The van der Waals surface area contributed by atoms with Crippen LogP contribution in [0.25, 0.3) is 0 Å². The zero-order chi connectivity index (χ0) is 15.7. The molecule has 0 radical (unpaired) electrons. The molecule has 0 aromatic carbocycles. The van der Waals surface area contributed by atoms with Gasteiger partial charge in [-0.1, -0.05) is 0 Å². The standard InChI is InChI=1S/C12H18F3NO4/c1-11(2,3)20-10(19)16-5-7(4-12(13,14)15)8(6-16)9(17)18/h7-8H,4-6H2,1-3H3,(H,17,18). The first kappa shape index (κ1) is 16.6. The van der Waals surface area contributed by atoms with E-state index in [-0.39, 0.29) is 13.1 Å². The predicted molar refractivity (Wildman–Crippen MR) is 63.1 cm³/mol. The van der Waals surface area contributed by atoms with Crippen molar-refractivity contribution in [3.05, 3.63) is 0 Å². The first-order valence-corrected chi connectivity index (χ1v) is 6.16. The number of carbonyl (C=O) groups excluding carboxylic acids is 1. The molecule has 1 N–H and O–H groups in total. The van der Waals surface area contributed by atoms with Crippen molar-refractivity contribution in [3.8, 4) is 0 Å². The molecule has 2 atom stereocenters. The summed E-state index contributed by atoms with van der Waals surface area (Å²) in [5.41, 5.74) is -0.780. The zero-order valence-electron chi connectivity index (χ0n) is 11.5. The van der Waals surface area contributed by atoms with E-state index in [1.165, 1.54) is 0 Å². The van der Waals surface area contributed by atoms with Crippen LogP contribution in [0, 0.1) is 11.8 Å². The van der Waals surface area contributed by atoms with E-state index in [1.807, 2.05) is 0 Å². The Labute approximate surface area is 114 Å². The lowest BCUT2D eigenvalue weighted by Crippen LogP contribution is -2.36. The van der Waals surface area contributed by atoms with E-state index in [4.69, 9.17) is 9.84 Å². The van der Waals surface area contributed by atoms with Gasteiger partial charge in [0.15, 0.2) is 0 Å². The number of aliphatic carboxylic acids is 1.